The summed E-state index contributed by atoms with van der Waals surface area (Å²) in [5, 5.41) is 0. The Labute approximate surface area is 137 Å². The van der Waals surface area contributed by atoms with Gasteiger partial charge >= 0.3 is 0 Å². The molecule has 2 aromatic rings. The highest BCUT2D eigenvalue weighted by Gasteiger charge is 2.08. The Morgan fingerprint density at radius 1 is 1.00 bits per heavy atom. The van der Waals surface area contributed by atoms with Crippen LogP contribution < -0.4 is 14.2 Å². The third kappa shape index (κ3) is 4.05. The van der Waals surface area contributed by atoms with Gasteiger partial charge in [0.05, 0.1) is 14.2 Å². The van der Waals surface area contributed by atoms with Crippen LogP contribution in [0.3, 0.4) is 0 Å². The maximum atomic E-state index is 5.84. The molecule has 0 N–H and O–H groups in total. The molecule has 0 bridgehead atoms. The van der Waals surface area contributed by atoms with Crippen LogP contribution in [-0.2, 0) is 12.5 Å². The first kappa shape index (κ1) is 16.0. The standard InChI is InChI=1S/C16H16BrClO3/c1-19-13-4-5-14(17)12(8-13)10-21-15-6-3-11(9-18)7-16(15)20-2/h3-8H,9-10H2,1-2H3. The Morgan fingerprint density at radius 3 is 2.48 bits per heavy atom. The topological polar surface area (TPSA) is 27.7 Å². The lowest BCUT2D eigenvalue weighted by Gasteiger charge is -2.13. The van der Waals surface area contributed by atoms with Crippen molar-refractivity contribution in [1.82, 2.24) is 0 Å². The van der Waals surface area contributed by atoms with E-state index in [1.54, 1.807) is 14.2 Å². The zero-order valence-corrected chi connectivity index (χ0v) is 14.2. The predicted octanol–water partition coefficient (Wildman–Crippen LogP) is 4.78. The molecule has 0 aliphatic carbocycles. The molecule has 0 saturated heterocycles. The summed E-state index contributed by atoms with van der Waals surface area (Å²) in [7, 11) is 3.25. The summed E-state index contributed by atoms with van der Waals surface area (Å²) in [5.74, 6) is 2.59. The molecule has 0 atom stereocenters. The molecule has 0 unspecified atom stereocenters. The second-order valence-corrected chi connectivity index (χ2v) is 5.49. The van der Waals surface area contributed by atoms with E-state index in [1.807, 2.05) is 36.4 Å². The van der Waals surface area contributed by atoms with E-state index in [4.69, 9.17) is 25.8 Å². The molecule has 0 amide bonds. The highest BCUT2D eigenvalue weighted by atomic mass is 79.9. The molecule has 112 valence electrons. The first-order chi connectivity index (χ1) is 10.2. The molecule has 21 heavy (non-hydrogen) atoms. The van der Waals surface area contributed by atoms with Crippen LogP contribution in [0.15, 0.2) is 40.9 Å². The van der Waals surface area contributed by atoms with E-state index in [9.17, 15) is 0 Å². The van der Waals surface area contributed by atoms with Gasteiger partial charge in [-0.2, -0.15) is 0 Å². The summed E-state index contributed by atoms with van der Waals surface area (Å²) in [6.45, 7) is 0.411. The first-order valence-corrected chi connectivity index (χ1v) is 7.68. The van der Waals surface area contributed by atoms with E-state index in [0.717, 1.165) is 21.3 Å². The summed E-state index contributed by atoms with van der Waals surface area (Å²) in [5.41, 5.74) is 1.99. The maximum Gasteiger partial charge on any atom is 0.161 e. The Hall–Kier alpha value is -1.39. The van der Waals surface area contributed by atoms with Gasteiger partial charge < -0.3 is 14.2 Å². The summed E-state index contributed by atoms with van der Waals surface area (Å²) in [6.07, 6.45) is 0. The number of benzene rings is 2. The van der Waals surface area contributed by atoms with E-state index in [2.05, 4.69) is 15.9 Å². The van der Waals surface area contributed by atoms with Crippen LogP contribution in [0.1, 0.15) is 11.1 Å². The SMILES string of the molecule is COc1ccc(Br)c(COc2ccc(CCl)cc2OC)c1. The van der Waals surface area contributed by atoms with E-state index in [0.29, 0.717) is 24.0 Å². The fourth-order valence-corrected chi connectivity index (χ4v) is 2.39. The summed E-state index contributed by atoms with van der Waals surface area (Å²) in [4.78, 5) is 0. The quantitative estimate of drug-likeness (QED) is 0.684. The van der Waals surface area contributed by atoms with Crippen molar-refractivity contribution < 1.29 is 14.2 Å². The van der Waals surface area contributed by atoms with Crippen LogP contribution in [0, 0.1) is 0 Å². The van der Waals surface area contributed by atoms with Gasteiger partial charge in [0.15, 0.2) is 11.5 Å². The second kappa shape index (κ2) is 7.57. The number of hydrogen-bond donors (Lipinski definition) is 0. The Bertz CT molecular complexity index is 616. The Kier molecular flexibility index (Phi) is 5.76. The van der Waals surface area contributed by atoms with Crippen molar-refractivity contribution in [2.75, 3.05) is 14.2 Å². The molecule has 2 rings (SSSR count). The molecule has 3 nitrogen and oxygen atoms in total. The molecule has 0 heterocycles. The number of rotatable bonds is 6. The predicted molar refractivity (Wildman–Crippen MR) is 87.6 cm³/mol. The minimum atomic E-state index is 0.411. The minimum Gasteiger partial charge on any atom is -0.497 e. The molecule has 5 heteroatoms. The van der Waals surface area contributed by atoms with Crippen molar-refractivity contribution in [3.05, 3.63) is 52.0 Å². The van der Waals surface area contributed by atoms with E-state index in [-0.39, 0.29) is 0 Å². The van der Waals surface area contributed by atoms with Gasteiger partial charge in [0, 0.05) is 15.9 Å². The van der Waals surface area contributed by atoms with Gasteiger partial charge in [0.1, 0.15) is 12.4 Å². The maximum absolute atomic E-state index is 5.84. The number of ether oxygens (including phenoxy) is 3. The van der Waals surface area contributed by atoms with Crippen molar-refractivity contribution in [3.8, 4) is 17.2 Å². The second-order valence-electron chi connectivity index (χ2n) is 4.36. The molecule has 0 aliphatic rings. The van der Waals surface area contributed by atoms with Gasteiger partial charge in [0.2, 0.25) is 0 Å². The third-order valence-corrected chi connectivity index (χ3v) is 4.10. The van der Waals surface area contributed by atoms with E-state index >= 15 is 0 Å². The molecule has 0 fully saturated rings. The van der Waals surface area contributed by atoms with Crippen LogP contribution in [-0.4, -0.2) is 14.2 Å². The van der Waals surface area contributed by atoms with E-state index in [1.165, 1.54) is 0 Å². The molecule has 0 aromatic heterocycles. The molecule has 0 spiro atoms. The number of hydrogen-bond acceptors (Lipinski definition) is 3. The van der Waals surface area contributed by atoms with Gasteiger partial charge in [0.25, 0.3) is 0 Å². The van der Waals surface area contributed by atoms with Crippen molar-refractivity contribution in [2.45, 2.75) is 12.5 Å². The Morgan fingerprint density at radius 2 is 1.81 bits per heavy atom. The first-order valence-electron chi connectivity index (χ1n) is 6.36. The molecular weight excluding hydrogens is 356 g/mol. The number of methoxy groups -OCH3 is 2. The molecule has 0 saturated carbocycles. The lowest BCUT2D eigenvalue weighted by molar-refractivity contribution is 0.283. The van der Waals surface area contributed by atoms with Crippen LogP contribution in [0.5, 0.6) is 17.2 Å². The molecule has 0 aliphatic heterocycles. The molecule has 0 radical (unpaired) electrons. The largest absolute Gasteiger partial charge is 0.497 e. The van der Waals surface area contributed by atoms with E-state index < -0.39 is 0 Å². The van der Waals surface area contributed by atoms with Crippen molar-refractivity contribution in [2.24, 2.45) is 0 Å². The third-order valence-electron chi connectivity index (χ3n) is 3.02. The summed E-state index contributed by atoms with van der Waals surface area (Å²) < 4.78 is 17.4. The minimum absolute atomic E-state index is 0.411. The fourth-order valence-electron chi connectivity index (χ4n) is 1.86. The smallest absolute Gasteiger partial charge is 0.161 e. The normalized spacial score (nSPS) is 10.3. The summed E-state index contributed by atoms with van der Waals surface area (Å²) in [6, 6.07) is 11.4. The van der Waals surface area contributed by atoms with Crippen LogP contribution in [0.25, 0.3) is 0 Å². The van der Waals surface area contributed by atoms with Crippen LogP contribution in [0.2, 0.25) is 0 Å². The lowest BCUT2D eigenvalue weighted by Crippen LogP contribution is -1.99. The van der Waals surface area contributed by atoms with Gasteiger partial charge in [-0.15, -0.1) is 11.6 Å². The fraction of sp³-hybridized carbons (Fsp3) is 0.250. The highest BCUT2D eigenvalue weighted by molar-refractivity contribution is 9.10. The number of halogens is 2. The Balaban J connectivity index is 2.16. The van der Waals surface area contributed by atoms with Gasteiger partial charge in [-0.3, -0.25) is 0 Å². The summed E-state index contributed by atoms with van der Waals surface area (Å²) >= 11 is 9.33. The van der Waals surface area contributed by atoms with Gasteiger partial charge in [-0.05, 0) is 35.9 Å². The average Bonchev–Trinajstić information content (AvgIpc) is 2.54. The monoisotopic (exact) mass is 370 g/mol. The van der Waals surface area contributed by atoms with Crippen molar-refractivity contribution in [3.63, 3.8) is 0 Å². The average molecular weight is 372 g/mol. The zero-order chi connectivity index (χ0) is 15.2. The zero-order valence-electron chi connectivity index (χ0n) is 11.9. The van der Waals surface area contributed by atoms with Crippen molar-refractivity contribution >= 4 is 27.5 Å². The lowest BCUT2D eigenvalue weighted by atomic mass is 10.2. The van der Waals surface area contributed by atoms with Crippen LogP contribution >= 0.6 is 27.5 Å². The molecule has 2 aromatic carbocycles. The molecular formula is C16H16BrClO3. The van der Waals surface area contributed by atoms with Gasteiger partial charge in [-0.25, -0.2) is 0 Å². The highest BCUT2D eigenvalue weighted by Crippen LogP contribution is 2.30. The van der Waals surface area contributed by atoms with Crippen LogP contribution in [0.4, 0.5) is 0 Å². The van der Waals surface area contributed by atoms with Gasteiger partial charge in [-0.1, -0.05) is 22.0 Å². The number of alkyl halides is 1. The van der Waals surface area contributed by atoms with Crippen molar-refractivity contribution in [1.29, 1.82) is 0 Å².